The topological polar surface area (TPSA) is 118 Å². The fourth-order valence-corrected chi connectivity index (χ4v) is 4.64. The van der Waals surface area contributed by atoms with Crippen molar-refractivity contribution >= 4 is 55.3 Å². The number of hydrogen-bond donors (Lipinski definition) is 2. The summed E-state index contributed by atoms with van der Waals surface area (Å²) in [5.41, 5.74) is 3.38. The lowest BCUT2D eigenvalue weighted by Gasteiger charge is -2.10. The van der Waals surface area contributed by atoms with Gasteiger partial charge in [0.15, 0.2) is 9.84 Å². The number of aryl methyl sites for hydroxylation is 1. The van der Waals surface area contributed by atoms with Crippen LogP contribution in [0.4, 0.5) is 5.69 Å². The van der Waals surface area contributed by atoms with Gasteiger partial charge < -0.3 is 5.32 Å². The molecular formula is C19H16ClN5O3S2. The maximum Gasteiger partial charge on any atom is 0.275 e. The molecule has 0 bridgehead atoms. The largest absolute Gasteiger partial charge is 0.320 e. The van der Waals surface area contributed by atoms with Crippen LogP contribution >= 0.6 is 22.9 Å². The molecule has 4 rings (SSSR count). The first kappa shape index (κ1) is 20.5. The monoisotopic (exact) mass is 461 g/mol. The van der Waals surface area contributed by atoms with E-state index in [4.69, 9.17) is 11.6 Å². The standard InChI is InChI=1S/C19H16ClN5O3S2/c1-10-23-17(8-29-10)19(26)24-15-4-11(5-16-14(15)7-22-25-16)12-3-13(9-30(2,27)28)18(20)21-6-12/h3-8H,9H2,1-2H3,(H,22,25)(H,24,26). The summed E-state index contributed by atoms with van der Waals surface area (Å²) in [4.78, 5) is 20.9. The maximum atomic E-state index is 12.6. The summed E-state index contributed by atoms with van der Waals surface area (Å²) >= 11 is 7.48. The van der Waals surface area contributed by atoms with E-state index in [1.54, 1.807) is 29.9 Å². The number of carbonyl (C=O) groups is 1. The number of benzene rings is 1. The van der Waals surface area contributed by atoms with E-state index in [9.17, 15) is 13.2 Å². The predicted octanol–water partition coefficient (Wildman–Crippen LogP) is 3.84. The molecule has 4 aromatic rings. The molecule has 3 aromatic heterocycles. The van der Waals surface area contributed by atoms with Crippen molar-refractivity contribution in [2.24, 2.45) is 0 Å². The first-order valence-electron chi connectivity index (χ1n) is 8.73. The molecule has 0 saturated carbocycles. The van der Waals surface area contributed by atoms with Crippen molar-refractivity contribution in [1.29, 1.82) is 0 Å². The van der Waals surface area contributed by atoms with E-state index in [2.05, 4.69) is 25.5 Å². The summed E-state index contributed by atoms with van der Waals surface area (Å²) in [6.45, 7) is 1.83. The van der Waals surface area contributed by atoms with Gasteiger partial charge in [-0.2, -0.15) is 5.10 Å². The lowest BCUT2D eigenvalue weighted by Crippen LogP contribution is -2.12. The molecule has 8 nitrogen and oxygen atoms in total. The number of sulfone groups is 1. The molecule has 0 unspecified atom stereocenters. The third-order valence-corrected chi connectivity index (χ3v) is 6.27. The number of pyridine rings is 1. The molecule has 0 spiro atoms. The maximum absolute atomic E-state index is 12.6. The van der Waals surface area contributed by atoms with Gasteiger partial charge in [0, 0.05) is 34.3 Å². The Kier molecular flexibility index (Phi) is 5.31. The lowest BCUT2D eigenvalue weighted by atomic mass is 10.0. The van der Waals surface area contributed by atoms with Gasteiger partial charge in [-0.15, -0.1) is 11.3 Å². The highest BCUT2D eigenvalue weighted by Gasteiger charge is 2.16. The molecule has 30 heavy (non-hydrogen) atoms. The number of halogens is 1. The smallest absolute Gasteiger partial charge is 0.275 e. The molecule has 0 aliphatic heterocycles. The number of thiazole rings is 1. The van der Waals surface area contributed by atoms with Gasteiger partial charge >= 0.3 is 0 Å². The van der Waals surface area contributed by atoms with Crippen molar-refractivity contribution in [3.05, 3.63) is 57.4 Å². The molecule has 0 saturated heterocycles. The number of carbonyl (C=O) groups excluding carboxylic acids is 1. The van der Waals surface area contributed by atoms with Gasteiger partial charge in [-0.25, -0.2) is 18.4 Å². The van der Waals surface area contributed by atoms with Gasteiger partial charge in [-0.05, 0) is 30.7 Å². The first-order chi connectivity index (χ1) is 14.2. The Hall–Kier alpha value is -2.82. The zero-order valence-corrected chi connectivity index (χ0v) is 18.3. The van der Waals surface area contributed by atoms with Crippen molar-refractivity contribution in [2.45, 2.75) is 12.7 Å². The number of H-pyrrole nitrogens is 1. The minimum atomic E-state index is -3.28. The van der Waals surface area contributed by atoms with Crippen LogP contribution in [0.15, 0.2) is 36.0 Å². The molecule has 0 atom stereocenters. The van der Waals surface area contributed by atoms with Gasteiger partial charge in [-0.1, -0.05) is 11.6 Å². The molecule has 3 heterocycles. The Balaban J connectivity index is 1.76. The average molecular weight is 462 g/mol. The SMILES string of the molecule is Cc1nc(C(=O)Nc2cc(-c3cnc(Cl)c(CS(C)(=O)=O)c3)cc3[nH]ncc23)cs1. The highest BCUT2D eigenvalue weighted by Crippen LogP contribution is 2.32. The van der Waals surface area contributed by atoms with E-state index >= 15 is 0 Å². The van der Waals surface area contributed by atoms with Crippen molar-refractivity contribution in [3.8, 4) is 11.1 Å². The Bertz CT molecular complexity index is 1380. The summed E-state index contributed by atoms with van der Waals surface area (Å²) in [7, 11) is -3.28. The number of aromatic nitrogens is 4. The summed E-state index contributed by atoms with van der Waals surface area (Å²) in [6, 6.07) is 5.31. The van der Waals surface area contributed by atoms with Crippen LogP contribution < -0.4 is 5.32 Å². The van der Waals surface area contributed by atoms with E-state index in [0.717, 1.165) is 22.2 Å². The normalized spacial score (nSPS) is 11.7. The minimum Gasteiger partial charge on any atom is -0.320 e. The van der Waals surface area contributed by atoms with Crippen molar-refractivity contribution < 1.29 is 13.2 Å². The van der Waals surface area contributed by atoms with Crippen molar-refractivity contribution in [2.75, 3.05) is 11.6 Å². The van der Waals surface area contributed by atoms with E-state index in [1.807, 2.05) is 13.0 Å². The summed E-state index contributed by atoms with van der Waals surface area (Å²) < 4.78 is 23.4. The first-order valence-corrected chi connectivity index (χ1v) is 12.0. The van der Waals surface area contributed by atoms with Gasteiger partial charge in [-0.3, -0.25) is 9.89 Å². The summed E-state index contributed by atoms with van der Waals surface area (Å²) in [5.74, 6) is -0.544. The predicted molar refractivity (Wildman–Crippen MR) is 118 cm³/mol. The number of anilines is 1. The molecule has 11 heteroatoms. The number of rotatable bonds is 5. The number of nitrogens with zero attached hydrogens (tertiary/aromatic N) is 3. The third kappa shape index (κ3) is 4.35. The fourth-order valence-electron chi connectivity index (χ4n) is 3.01. The van der Waals surface area contributed by atoms with E-state index in [-0.39, 0.29) is 16.8 Å². The second-order valence-electron chi connectivity index (χ2n) is 6.80. The molecule has 1 amide bonds. The molecular weight excluding hydrogens is 446 g/mol. The molecule has 0 aliphatic rings. The average Bonchev–Trinajstić information content (AvgIpc) is 3.31. The summed E-state index contributed by atoms with van der Waals surface area (Å²) in [5, 5.41) is 13.2. The zero-order valence-electron chi connectivity index (χ0n) is 15.9. The van der Waals surface area contributed by atoms with Crippen LogP contribution in [0.5, 0.6) is 0 Å². The molecule has 0 fully saturated rings. The van der Waals surface area contributed by atoms with Gasteiger partial charge in [0.1, 0.15) is 10.8 Å². The van der Waals surface area contributed by atoms with Crippen LogP contribution in [0.3, 0.4) is 0 Å². The van der Waals surface area contributed by atoms with Crippen LogP contribution in [-0.2, 0) is 15.6 Å². The summed E-state index contributed by atoms with van der Waals surface area (Å²) in [6.07, 6.45) is 4.32. The number of amides is 1. The van der Waals surface area contributed by atoms with Crippen LogP contribution in [-0.4, -0.2) is 40.7 Å². The highest BCUT2D eigenvalue weighted by molar-refractivity contribution is 7.89. The number of fused-ring (bicyclic) bond motifs is 1. The minimum absolute atomic E-state index is 0.138. The number of hydrogen-bond acceptors (Lipinski definition) is 7. The highest BCUT2D eigenvalue weighted by atomic mass is 35.5. The third-order valence-electron chi connectivity index (χ3n) is 4.32. The Labute approximate surface area is 181 Å². The van der Waals surface area contributed by atoms with Crippen LogP contribution in [0.25, 0.3) is 22.0 Å². The molecule has 154 valence electrons. The zero-order chi connectivity index (χ0) is 21.5. The van der Waals surface area contributed by atoms with Crippen molar-refractivity contribution in [3.63, 3.8) is 0 Å². The Morgan fingerprint density at radius 3 is 2.73 bits per heavy atom. The fraction of sp³-hybridized carbons (Fsp3) is 0.158. The second kappa shape index (κ2) is 7.78. The van der Waals surface area contributed by atoms with Gasteiger partial charge in [0.05, 0.1) is 28.2 Å². The van der Waals surface area contributed by atoms with Gasteiger partial charge in [0.25, 0.3) is 5.91 Å². The van der Waals surface area contributed by atoms with Crippen LogP contribution in [0.1, 0.15) is 21.1 Å². The number of nitrogens with one attached hydrogen (secondary N) is 2. The molecule has 0 aliphatic carbocycles. The van der Waals surface area contributed by atoms with Crippen LogP contribution in [0.2, 0.25) is 5.15 Å². The van der Waals surface area contributed by atoms with Crippen LogP contribution in [0, 0.1) is 6.92 Å². The number of aromatic amines is 1. The van der Waals surface area contributed by atoms with Crippen molar-refractivity contribution in [1.82, 2.24) is 20.2 Å². The molecule has 1 aromatic carbocycles. The molecule has 0 radical (unpaired) electrons. The second-order valence-corrected chi connectivity index (χ2v) is 10.4. The molecule has 2 N–H and O–H groups in total. The van der Waals surface area contributed by atoms with E-state index < -0.39 is 9.84 Å². The quantitative estimate of drug-likeness (QED) is 0.436. The Morgan fingerprint density at radius 2 is 2.03 bits per heavy atom. The Morgan fingerprint density at radius 1 is 1.23 bits per heavy atom. The van der Waals surface area contributed by atoms with E-state index in [0.29, 0.717) is 28.0 Å². The van der Waals surface area contributed by atoms with Gasteiger partial charge in [0.2, 0.25) is 0 Å². The lowest BCUT2D eigenvalue weighted by molar-refractivity contribution is 0.102. The van der Waals surface area contributed by atoms with E-state index in [1.165, 1.54) is 11.3 Å².